The standard InChI is InChI=1S/C18H29N3O2.HI/c1-4-22-16-9-8-14(12-17(16)23-5-2)10-11-20-18(19-3)21-13-15-6-7-15;/h8-9,12,15H,4-7,10-11,13H2,1-3H3,(H2,19,20,21);1H. The van der Waals surface area contributed by atoms with Crippen molar-refractivity contribution >= 4 is 29.9 Å². The van der Waals surface area contributed by atoms with Crippen molar-refractivity contribution in [2.75, 3.05) is 33.4 Å². The second-order valence-corrected chi connectivity index (χ2v) is 5.72. The molecule has 0 saturated heterocycles. The van der Waals surface area contributed by atoms with Crippen molar-refractivity contribution in [2.45, 2.75) is 33.1 Å². The molecule has 0 aliphatic heterocycles. The highest BCUT2D eigenvalue weighted by molar-refractivity contribution is 14.0. The number of nitrogens with one attached hydrogen (secondary N) is 2. The summed E-state index contributed by atoms with van der Waals surface area (Å²) in [5.41, 5.74) is 1.22. The molecule has 136 valence electrons. The first-order valence-electron chi connectivity index (χ1n) is 8.59. The monoisotopic (exact) mass is 447 g/mol. The third-order valence-electron chi connectivity index (χ3n) is 3.79. The van der Waals surface area contributed by atoms with Gasteiger partial charge in [-0.1, -0.05) is 6.07 Å². The Kier molecular flexibility index (Phi) is 9.90. The normalized spacial score (nSPS) is 13.9. The lowest BCUT2D eigenvalue weighted by molar-refractivity contribution is 0.287. The zero-order chi connectivity index (χ0) is 16.5. The molecule has 0 bridgehead atoms. The molecule has 1 aromatic rings. The van der Waals surface area contributed by atoms with Crippen LogP contribution in [0.15, 0.2) is 23.2 Å². The zero-order valence-corrected chi connectivity index (χ0v) is 17.3. The number of hydrogen-bond donors (Lipinski definition) is 2. The topological polar surface area (TPSA) is 54.9 Å². The Morgan fingerprint density at radius 2 is 1.83 bits per heavy atom. The predicted octanol–water partition coefficient (Wildman–Crippen LogP) is 3.22. The second-order valence-electron chi connectivity index (χ2n) is 5.72. The van der Waals surface area contributed by atoms with Gasteiger partial charge in [-0.3, -0.25) is 4.99 Å². The molecule has 0 amide bonds. The Bertz CT molecular complexity index is 519. The van der Waals surface area contributed by atoms with Crippen LogP contribution in [-0.4, -0.2) is 39.3 Å². The van der Waals surface area contributed by atoms with Crippen LogP contribution in [-0.2, 0) is 6.42 Å². The van der Waals surface area contributed by atoms with Gasteiger partial charge in [0.05, 0.1) is 13.2 Å². The van der Waals surface area contributed by atoms with Crippen LogP contribution in [0.1, 0.15) is 32.3 Å². The lowest BCUT2D eigenvalue weighted by Gasteiger charge is -2.14. The van der Waals surface area contributed by atoms with E-state index in [1.807, 2.05) is 27.0 Å². The maximum atomic E-state index is 5.67. The lowest BCUT2D eigenvalue weighted by atomic mass is 10.1. The Balaban J connectivity index is 0.00000288. The molecule has 0 radical (unpaired) electrons. The molecule has 0 heterocycles. The average molecular weight is 447 g/mol. The van der Waals surface area contributed by atoms with Crippen molar-refractivity contribution in [2.24, 2.45) is 10.9 Å². The minimum Gasteiger partial charge on any atom is -0.490 e. The van der Waals surface area contributed by atoms with E-state index in [0.717, 1.165) is 42.9 Å². The second kappa shape index (κ2) is 11.4. The number of benzene rings is 1. The molecule has 6 heteroatoms. The molecule has 0 aromatic heterocycles. The van der Waals surface area contributed by atoms with Crippen molar-refractivity contribution in [3.05, 3.63) is 23.8 Å². The Hall–Kier alpha value is -1.18. The Labute approximate surface area is 162 Å². The molecule has 5 nitrogen and oxygen atoms in total. The SMILES string of the molecule is CCOc1ccc(CCNC(=NC)NCC2CC2)cc1OCC.I. The lowest BCUT2D eigenvalue weighted by Crippen LogP contribution is -2.39. The minimum atomic E-state index is 0. The fourth-order valence-electron chi connectivity index (χ4n) is 2.36. The van der Waals surface area contributed by atoms with E-state index in [9.17, 15) is 0 Å². The van der Waals surface area contributed by atoms with Crippen molar-refractivity contribution in [1.82, 2.24) is 10.6 Å². The van der Waals surface area contributed by atoms with Crippen LogP contribution < -0.4 is 20.1 Å². The van der Waals surface area contributed by atoms with Crippen LogP contribution in [0.4, 0.5) is 0 Å². The highest BCUT2D eigenvalue weighted by Crippen LogP contribution is 2.29. The summed E-state index contributed by atoms with van der Waals surface area (Å²) in [6.45, 7) is 7.11. The number of rotatable bonds is 9. The molecule has 1 aromatic carbocycles. The quantitative estimate of drug-likeness (QED) is 0.347. The third kappa shape index (κ3) is 7.15. The van der Waals surface area contributed by atoms with Gasteiger partial charge in [-0.25, -0.2) is 0 Å². The van der Waals surface area contributed by atoms with Gasteiger partial charge in [-0.2, -0.15) is 0 Å². The summed E-state index contributed by atoms with van der Waals surface area (Å²) >= 11 is 0. The number of ether oxygens (including phenoxy) is 2. The van der Waals surface area contributed by atoms with E-state index < -0.39 is 0 Å². The van der Waals surface area contributed by atoms with Crippen molar-refractivity contribution in [3.8, 4) is 11.5 Å². The summed E-state index contributed by atoms with van der Waals surface area (Å²) < 4.78 is 11.3. The predicted molar refractivity (Wildman–Crippen MR) is 110 cm³/mol. The third-order valence-corrected chi connectivity index (χ3v) is 3.79. The van der Waals surface area contributed by atoms with Gasteiger partial charge in [0.1, 0.15) is 0 Å². The molecule has 0 spiro atoms. The molecule has 1 saturated carbocycles. The summed E-state index contributed by atoms with van der Waals surface area (Å²) in [5.74, 6) is 3.36. The van der Waals surface area contributed by atoms with E-state index in [1.165, 1.54) is 18.4 Å². The van der Waals surface area contributed by atoms with Gasteiger partial charge in [0.25, 0.3) is 0 Å². The fourth-order valence-corrected chi connectivity index (χ4v) is 2.36. The van der Waals surface area contributed by atoms with Crippen LogP contribution in [0.5, 0.6) is 11.5 Å². The van der Waals surface area contributed by atoms with Crippen LogP contribution >= 0.6 is 24.0 Å². The van der Waals surface area contributed by atoms with Crippen molar-refractivity contribution in [1.29, 1.82) is 0 Å². The summed E-state index contributed by atoms with van der Waals surface area (Å²) in [6.07, 6.45) is 3.60. The molecule has 2 rings (SSSR count). The van der Waals surface area contributed by atoms with E-state index in [0.29, 0.717) is 13.2 Å². The van der Waals surface area contributed by atoms with E-state index in [1.54, 1.807) is 0 Å². The summed E-state index contributed by atoms with van der Waals surface area (Å²) in [6, 6.07) is 6.15. The van der Waals surface area contributed by atoms with Crippen molar-refractivity contribution < 1.29 is 9.47 Å². The van der Waals surface area contributed by atoms with Crippen LogP contribution in [0.3, 0.4) is 0 Å². The molecular weight excluding hydrogens is 417 g/mol. The zero-order valence-electron chi connectivity index (χ0n) is 14.9. The molecule has 2 N–H and O–H groups in total. The summed E-state index contributed by atoms with van der Waals surface area (Å²) in [4.78, 5) is 4.25. The van der Waals surface area contributed by atoms with Gasteiger partial charge >= 0.3 is 0 Å². The number of nitrogens with zero attached hydrogens (tertiary/aromatic N) is 1. The van der Waals surface area contributed by atoms with Gasteiger partial charge < -0.3 is 20.1 Å². The molecule has 1 aliphatic carbocycles. The van der Waals surface area contributed by atoms with E-state index in [-0.39, 0.29) is 24.0 Å². The minimum absolute atomic E-state index is 0. The van der Waals surface area contributed by atoms with Crippen molar-refractivity contribution in [3.63, 3.8) is 0 Å². The highest BCUT2D eigenvalue weighted by atomic mass is 127. The molecule has 24 heavy (non-hydrogen) atoms. The Morgan fingerprint density at radius 1 is 1.12 bits per heavy atom. The van der Waals surface area contributed by atoms with Gasteiger partial charge in [0.2, 0.25) is 0 Å². The van der Waals surface area contributed by atoms with Gasteiger partial charge in [-0.15, -0.1) is 24.0 Å². The van der Waals surface area contributed by atoms with E-state index in [2.05, 4.69) is 27.8 Å². The number of aliphatic imine (C=N–C) groups is 1. The molecular formula is C18H30IN3O2. The van der Waals surface area contributed by atoms with E-state index >= 15 is 0 Å². The Morgan fingerprint density at radius 3 is 2.46 bits per heavy atom. The highest BCUT2D eigenvalue weighted by Gasteiger charge is 2.20. The number of halogens is 1. The van der Waals surface area contributed by atoms with Gasteiger partial charge in [0.15, 0.2) is 17.5 Å². The molecule has 0 unspecified atom stereocenters. The first kappa shape index (κ1) is 20.9. The van der Waals surface area contributed by atoms with Crippen LogP contribution in [0.25, 0.3) is 0 Å². The van der Waals surface area contributed by atoms with Gasteiger partial charge in [0, 0.05) is 20.1 Å². The molecule has 1 fully saturated rings. The fraction of sp³-hybridized carbons (Fsp3) is 0.611. The first-order valence-corrected chi connectivity index (χ1v) is 8.59. The van der Waals surface area contributed by atoms with Crippen LogP contribution in [0, 0.1) is 5.92 Å². The number of guanidine groups is 1. The van der Waals surface area contributed by atoms with Gasteiger partial charge in [-0.05, 0) is 56.7 Å². The maximum absolute atomic E-state index is 5.67. The maximum Gasteiger partial charge on any atom is 0.190 e. The first-order chi connectivity index (χ1) is 11.3. The summed E-state index contributed by atoms with van der Waals surface area (Å²) in [5, 5.41) is 6.73. The largest absolute Gasteiger partial charge is 0.490 e. The molecule has 1 aliphatic rings. The number of hydrogen-bond acceptors (Lipinski definition) is 3. The summed E-state index contributed by atoms with van der Waals surface area (Å²) in [7, 11) is 1.81. The molecule has 0 atom stereocenters. The van der Waals surface area contributed by atoms with Crippen LogP contribution in [0.2, 0.25) is 0 Å². The smallest absolute Gasteiger partial charge is 0.190 e. The average Bonchev–Trinajstić information content (AvgIpc) is 3.37. The van der Waals surface area contributed by atoms with E-state index in [4.69, 9.17) is 9.47 Å².